The van der Waals surface area contributed by atoms with E-state index in [0.29, 0.717) is 35.9 Å². The van der Waals surface area contributed by atoms with E-state index >= 15 is 0 Å². The van der Waals surface area contributed by atoms with Crippen LogP contribution in [0.3, 0.4) is 0 Å². The fraction of sp³-hybridized carbons (Fsp3) is 0.300. The number of carbonyl (C=O) groups is 2. The van der Waals surface area contributed by atoms with Crippen LogP contribution in [0.2, 0.25) is 0 Å². The average molecular weight is 430 g/mol. The monoisotopic (exact) mass is 429 g/mol. The molecule has 1 atom stereocenters. The van der Waals surface area contributed by atoms with Gasteiger partial charge < -0.3 is 25.5 Å². The van der Waals surface area contributed by atoms with Crippen molar-refractivity contribution >= 4 is 42.2 Å². The number of carboxylic acids is 1. The number of nitrogens with zero attached hydrogens (tertiary/aromatic N) is 3. The fourth-order valence-electron chi connectivity index (χ4n) is 3.63. The molecule has 30 heavy (non-hydrogen) atoms. The highest BCUT2D eigenvalue weighted by Crippen LogP contribution is 2.32. The summed E-state index contributed by atoms with van der Waals surface area (Å²) in [5.74, 6) is -0.246. The van der Waals surface area contributed by atoms with Gasteiger partial charge in [0.25, 0.3) is 0 Å². The minimum Gasteiger partial charge on any atom is -0.480 e. The van der Waals surface area contributed by atoms with E-state index in [4.69, 9.17) is 20.6 Å². The molecule has 2 aromatic heterocycles. The number of H-pyrrole nitrogens is 1. The number of carbonyl (C=O) groups excluding carboxylic acids is 1. The van der Waals surface area contributed by atoms with Gasteiger partial charge >= 0.3 is 5.97 Å². The fourth-order valence-corrected chi connectivity index (χ4v) is 3.63. The molecule has 1 saturated heterocycles. The number of hydrogen-bond acceptors (Lipinski definition) is 6. The smallest absolute Gasteiger partial charge is 0.329 e. The first-order valence-corrected chi connectivity index (χ1v) is 9.33. The SMILES string of the molecule is NC(=O)C1CCCN1c1nc(-c2ccccc2)nc2[nH]c(COCC(=O)O)cc12.S. The number of nitrogens with one attached hydrogen (secondary N) is 1. The number of aromatic amines is 1. The number of rotatable bonds is 7. The summed E-state index contributed by atoms with van der Waals surface area (Å²) in [6.07, 6.45) is 1.53. The maximum Gasteiger partial charge on any atom is 0.329 e. The minimum absolute atomic E-state index is 0. The molecule has 1 aliphatic heterocycles. The zero-order valence-electron chi connectivity index (χ0n) is 16.2. The van der Waals surface area contributed by atoms with Gasteiger partial charge in [0, 0.05) is 17.8 Å². The second kappa shape index (κ2) is 9.14. The zero-order chi connectivity index (χ0) is 20.4. The van der Waals surface area contributed by atoms with Crippen molar-refractivity contribution in [1.29, 1.82) is 0 Å². The Morgan fingerprint density at radius 3 is 2.73 bits per heavy atom. The van der Waals surface area contributed by atoms with Crippen LogP contribution in [0.4, 0.5) is 5.82 Å². The first-order valence-electron chi connectivity index (χ1n) is 9.33. The zero-order valence-corrected chi connectivity index (χ0v) is 17.2. The number of fused-ring (bicyclic) bond motifs is 1. The molecular formula is C20H23N5O4S. The van der Waals surface area contributed by atoms with Gasteiger partial charge in [-0.3, -0.25) is 4.79 Å². The molecule has 3 heterocycles. The molecular weight excluding hydrogens is 406 g/mol. The number of primary amides is 1. The summed E-state index contributed by atoms with van der Waals surface area (Å²) in [7, 11) is 0. The molecule has 1 amide bonds. The van der Waals surface area contributed by atoms with E-state index in [1.165, 1.54) is 0 Å². The standard InChI is InChI=1S/C20H21N5O4.H2S/c21-17(28)15-7-4-8-25(15)20-14-9-13(10-29-11-16(26)27)22-19(14)23-18(24-20)12-5-2-1-3-6-12;/h1-3,5-6,9,15H,4,7-8,10-11H2,(H2,21,28)(H,26,27)(H,22,23,24);1H2. The van der Waals surface area contributed by atoms with Crippen LogP contribution in [0.15, 0.2) is 36.4 Å². The number of benzene rings is 1. The summed E-state index contributed by atoms with van der Waals surface area (Å²) in [5.41, 5.74) is 7.73. The van der Waals surface area contributed by atoms with E-state index in [1.54, 1.807) is 0 Å². The molecule has 1 fully saturated rings. The van der Waals surface area contributed by atoms with E-state index in [9.17, 15) is 9.59 Å². The average Bonchev–Trinajstić information content (AvgIpc) is 3.34. The summed E-state index contributed by atoms with van der Waals surface area (Å²) in [4.78, 5) is 37.1. The summed E-state index contributed by atoms with van der Waals surface area (Å²) in [5, 5.41) is 9.50. The largest absolute Gasteiger partial charge is 0.480 e. The molecule has 0 radical (unpaired) electrons. The van der Waals surface area contributed by atoms with Gasteiger partial charge in [-0.2, -0.15) is 13.5 Å². The van der Waals surface area contributed by atoms with Crippen molar-refractivity contribution in [3.8, 4) is 11.4 Å². The normalized spacial score (nSPS) is 15.9. The third-order valence-corrected chi connectivity index (χ3v) is 4.89. The number of aliphatic carboxylic acids is 1. The highest BCUT2D eigenvalue weighted by Gasteiger charge is 2.32. The van der Waals surface area contributed by atoms with Gasteiger partial charge in [0.2, 0.25) is 5.91 Å². The van der Waals surface area contributed by atoms with E-state index < -0.39 is 12.0 Å². The highest BCUT2D eigenvalue weighted by molar-refractivity contribution is 7.59. The molecule has 4 N–H and O–H groups in total. The van der Waals surface area contributed by atoms with E-state index in [1.807, 2.05) is 41.3 Å². The number of nitrogens with two attached hydrogens (primary N) is 1. The summed E-state index contributed by atoms with van der Waals surface area (Å²) in [6, 6.07) is 11.0. The third kappa shape index (κ3) is 4.39. The van der Waals surface area contributed by atoms with Crippen molar-refractivity contribution in [3.05, 3.63) is 42.1 Å². The van der Waals surface area contributed by atoms with Crippen LogP contribution in [-0.2, 0) is 20.9 Å². The predicted molar refractivity (Wildman–Crippen MR) is 117 cm³/mol. The molecule has 1 aliphatic rings. The molecule has 1 unspecified atom stereocenters. The Balaban J connectivity index is 0.00000256. The van der Waals surface area contributed by atoms with Gasteiger partial charge in [0.05, 0.1) is 12.0 Å². The Labute approximate surface area is 179 Å². The summed E-state index contributed by atoms with van der Waals surface area (Å²) < 4.78 is 5.18. The van der Waals surface area contributed by atoms with Crippen molar-refractivity contribution < 1.29 is 19.4 Å². The van der Waals surface area contributed by atoms with Crippen molar-refractivity contribution in [2.24, 2.45) is 5.73 Å². The molecule has 0 aliphatic carbocycles. The molecule has 1 aromatic carbocycles. The van der Waals surface area contributed by atoms with Crippen LogP contribution in [0.5, 0.6) is 0 Å². The van der Waals surface area contributed by atoms with Crippen molar-refractivity contribution in [1.82, 2.24) is 15.0 Å². The van der Waals surface area contributed by atoms with Gasteiger partial charge in [-0.05, 0) is 18.9 Å². The lowest BCUT2D eigenvalue weighted by atomic mass is 10.2. The molecule has 10 heteroatoms. The summed E-state index contributed by atoms with van der Waals surface area (Å²) >= 11 is 0. The van der Waals surface area contributed by atoms with Crippen LogP contribution < -0.4 is 10.6 Å². The Morgan fingerprint density at radius 1 is 1.27 bits per heavy atom. The molecule has 4 rings (SSSR count). The lowest BCUT2D eigenvalue weighted by molar-refractivity contribution is -0.142. The van der Waals surface area contributed by atoms with E-state index in [-0.39, 0.29) is 32.6 Å². The maximum atomic E-state index is 11.9. The highest BCUT2D eigenvalue weighted by atomic mass is 32.1. The van der Waals surface area contributed by atoms with Gasteiger partial charge in [0.15, 0.2) is 5.82 Å². The number of hydrogen-bond donors (Lipinski definition) is 3. The first-order chi connectivity index (χ1) is 14.0. The Morgan fingerprint density at radius 2 is 2.03 bits per heavy atom. The Bertz CT molecular complexity index is 1060. The minimum atomic E-state index is -1.03. The number of amides is 1. The molecule has 0 spiro atoms. The predicted octanol–water partition coefficient (Wildman–Crippen LogP) is 1.79. The quantitative estimate of drug-likeness (QED) is 0.521. The maximum absolute atomic E-state index is 11.9. The van der Waals surface area contributed by atoms with Crippen molar-refractivity contribution in [2.75, 3.05) is 18.1 Å². The second-order valence-corrected chi connectivity index (χ2v) is 6.93. The topological polar surface area (TPSA) is 134 Å². The number of carboxylic acid groups (broad SMARTS) is 1. The lowest BCUT2D eigenvalue weighted by Crippen LogP contribution is -2.40. The molecule has 0 bridgehead atoms. The van der Waals surface area contributed by atoms with E-state index in [0.717, 1.165) is 17.4 Å². The van der Waals surface area contributed by atoms with Gasteiger partial charge in [-0.1, -0.05) is 30.3 Å². The number of aromatic nitrogens is 3. The van der Waals surface area contributed by atoms with E-state index in [2.05, 4.69) is 9.97 Å². The van der Waals surface area contributed by atoms with Crippen molar-refractivity contribution in [2.45, 2.75) is 25.5 Å². The van der Waals surface area contributed by atoms with Gasteiger partial charge in [0.1, 0.15) is 24.1 Å². The molecule has 158 valence electrons. The van der Waals surface area contributed by atoms with Gasteiger partial charge in [-0.25, -0.2) is 14.8 Å². The molecule has 9 nitrogen and oxygen atoms in total. The van der Waals surface area contributed by atoms with Gasteiger partial charge in [-0.15, -0.1) is 0 Å². The Hall–Kier alpha value is -3.11. The van der Waals surface area contributed by atoms with Crippen LogP contribution >= 0.6 is 13.5 Å². The van der Waals surface area contributed by atoms with Crippen LogP contribution in [0.25, 0.3) is 22.4 Å². The number of ether oxygens (including phenoxy) is 1. The molecule has 3 aromatic rings. The van der Waals surface area contributed by atoms with Crippen LogP contribution in [0, 0.1) is 0 Å². The molecule has 0 saturated carbocycles. The van der Waals surface area contributed by atoms with Crippen LogP contribution in [-0.4, -0.2) is 51.1 Å². The Kier molecular flexibility index (Phi) is 6.58. The second-order valence-electron chi connectivity index (χ2n) is 6.93. The lowest BCUT2D eigenvalue weighted by Gasteiger charge is -2.24. The van der Waals surface area contributed by atoms with Crippen molar-refractivity contribution in [3.63, 3.8) is 0 Å². The van der Waals surface area contributed by atoms with Crippen LogP contribution in [0.1, 0.15) is 18.5 Å². The number of anilines is 1. The first kappa shape index (κ1) is 21.6. The summed E-state index contributed by atoms with van der Waals surface area (Å²) in [6.45, 7) is 0.380. The third-order valence-electron chi connectivity index (χ3n) is 4.89.